The number of nitrogen functional groups attached to an aromatic ring is 1. The Hall–Kier alpha value is -0.640. The zero-order valence-corrected chi connectivity index (χ0v) is 14.6. The van der Waals surface area contributed by atoms with Crippen molar-refractivity contribution in [2.24, 2.45) is 0 Å². The first-order chi connectivity index (χ1) is 9.08. The molecule has 1 atom stereocenters. The average Bonchev–Trinajstić information content (AvgIpc) is 3.02. The molecule has 0 aromatic heterocycles. The quantitative estimate of drug-likeness (QED) is 0.602. The minimum absolute atomic E-state index is 0. The van der Waals surface area contributed by atoms with Gasteiger partial charge in [-0.15, -0.1) is 12.4 Å². The first-order valence-corrected chi connectivity index (χ1v) is 7.54. The van der Waals surface area contributed by atoms with E-state index < -0.39 is 0 Å². The maximum Gasteiger partial charge on any atom is 0.108 e. The van der Waals surface area contributed by atoms with Crippen LogP contribution in [0, 0.1) is 6.92 Å². The van der Waals surface area contributed by atoms with Crippen molar-refractivity contribution < 1.29 is 16.9 Å². The molecule has 21 heavy (non-hydrogen) atoms. The molecule has 0 amide bonds. The van der Waals surface area contributed by atoms with Crippen molar-refractivity contribution in [3.05, 3.63) is 23.8 Å². The molecule has 2 heterocycles. The van der Waals surface area contributed by atoms with Gasteiger partial charge in [-0.3, -0.25) is 0 Å². The minimum atomic E-state index is 0. The van der Waals surface area contributed by atoms with Gasteiger partial charge in [0.2, 0.25) is 0 Å². The second kappa shape index (κ2) is 7.08. The smallest absolute Gasteiger partial charge is 0.108 e. The van der Waals surface area contributed by atoms with E-state index in [1.807, 2.05) is 6.07 Å². The number of rotatable bonds is 2. The fourth-order valence-electron chi connectivity index (χ4n) is 3.76. The van der Waals surface area contributed by atoms with Gasteiger partial charge in [0.1, 0.15) is 6.04 Å². The molecule has 0 saturated carbocycles. The van der Waals surface area contributed by atoms with Crippen LogP contribution in [-0.2, 0) is 0 Å². The van der Waals surface area contributed by atoms with Crippen molar-refractivity contribution >= 4 is 23.8 Å². The molecule has 2 aliphatic rings. The molecule has 3 rings (SSSR count). The lowest BCUT2D eigenvalue weighted by Crippen LogP contribution is -3.00. The summed E-state index contributed by atoms with van der Waals surface area (Å²) in [5, 5.41) is 0. The first kappa shape index (κ1) is 18.4. The summed E-state index contributed by atoms with van der Waals surface area (Å²) in [7, 11) is 2.45. The normalized spacial score (nSPS) is 23.5. The molecule has 0 spiro atoms. The van der Waals surface area contributed by atoms with Crippen molar-refractivity contribution in [1.82, 2.24) is 0 Å². The molecule has 1 unspecified atom stereocenters. The van der Waals surface area contributed by atoms with E-state index in [1.54, 1.807) is 0 Å². The first-order valence-electron chi connectivity index (χ1n) is 7.54. The summed E-state index contributed by atoms with van der Waals surface area (Å²) < 4.78 is 1.30. The lowest BCUT2D eigenvalue weighted by Gasteiger charge is -2.35. The van der Waals surface area contributed by atoms with Crippen LogP contribution in [0.25, 0.3) is 0 Å². The largest absolute Gasteiger partial charge is 1.00 e. The van der Waals surface area contributed by atoms with Crippen molar-refractivity contribution in [1.29, 1.82) is 0 Å². The van der Waals surface area contributed by atoms with E-state index in [0.717, 1.165) is 11.7 Å². The number of benzene rings is 1. The van der Waals surface area contributed by atoms with E-state index in [4.69, 9.17) is 5.73 Å². The second-order valence-electron chi connectivity index (χ2n) is 6.56. The third kappa shape index (κ3) is 3.58. The van der Waals surface area contributed by atoms with Gasteiger partial charge in [0.05, 0.1) is 26.7 Å². The van der Waals surface area contributed by atoms with Gasteiger partial charge in [-0.2, -0.15) is 0 Å². The van der Waals surface area contributed by atoms with Gasteiger partial charge < -0.3 is 27.5 Å². The summed E-state index contributed by atoms with van der Waals surface area (Å²) in [4.78, 5) is 2.54. The van der Waals surface area contributed by atoms with Crippen LogP contribution in [0.15, 0.2) is 18.2 Å². The van der Waals surface area contributed by atoms with Gasteiger partial charge in [-0.05, 0) is 30.7 Å². The number of likely N-dealkylation sites (tertiary alicyclic amines) is 1. The number of aryl methyl sites for hydroxylation is 1. The van der Waals surface area contributed by atoms with Gasteiger partial charge in [-0.25, -0.2) is 0 Å². The van der Waals surface area contributed by atoms with Gasteiger partial charge in [-0.1, -0.05) is 0 Å². The van der Waals surface area contributed by atoms with Crippen molar-refractivity contribution in [3.63, 3.8) is 0 Å². The number of halogens is 2. The maximum absolute atomic E-state index is 5.91. The molecule has 3 nitrogen and oxygen atoms in total. The Kier molecular flexibility index (Phi) is 6.21. The van der Waals surface area contributed by atoms with Crippen molar-refractivity contribution in [2.75, 3.05) is 43.9 Å². The molecule has 2 aliphatic heterocycles. The van der Waals surface area contributed by atoms with E-state index in [0.29, 0.717) is 0 Å². The Morgan fingerprint density at radius 3 is 2.52 bits per heavy atom. The minimum Gasteiger partial charge on any atom is -1.00 e. The molecule has 0 aliphatic carbocycles. The Balaban J connectivity index is 0.00000110. The highest BCUT2D eigenvalue weighted by atomic mass is 35.5. The van der Waals surface area contributed by atoms with Gasteiger partial charge in [0.25, 0.3) is 0 Å². The predicted molar refractivity (Wildman–Crippen MR) is 88.6 cm³/mol. The predicted octanol–water partition coefficient (Wildman–Crippen LogP) is -0.178. The highest BCUT2D eigenvalue weighted by Gasteiger charge is 2.40. The number of likely N-dealkylation sites (N-methyl/N-ethyl adjacent to an activating group) is 1. The van der Waals surface area contributed by atoms with Crippen LogP contribution in [0.2, 0.25) is 0 Å². The zero-order chi connectivity index (χ0) is 13.5. The van der Waals surface area contributed by atoms with E-state index >= 15 is 0 Å². The number of hydrogen-bond acceptors (Lipinski definition) is 2. The van der Waals surface area contributed by atoms with E-state index in [1.165, 1.54) is 61.2 Å². The van der Waals surface area contributed by atoms with Crippen LogP contribution >= 0.6 is 12.4 Å². The van der Waals surface area contributed by atoms with Gasteiger partial charge in [0.15, 0.2) is 0 Å². The Morgan fingerprint density at radius 1 is 1.24 bits per heavy atom. The molecule has 2 saturated heterocycles. The molecule has 1 aromatic rings. The summed E-state index contributed by atoms with van der Waals surface area (Å²) in [5.74, 6) is 0. The fourth-order valence-corrected chi connectivity index (χ4v) is 3.76. The molecule has 5 heteroatoms. The summed E-state index contributed by atoms with van der Waals surface area (Å²) in [5.41, 5.74) is 9.36. The molecular formula is C16H27Cl2N3. The van der Waals surface area contributed by atoms with Crippen LogP contribution in [0.4, 0.5) is 11.4 Å². The number of hydrogen-bond donors (Lipinski definition) is 1. The third-order valence-corrected chi connectivity index (χ3v) is 5.25. The maximum atomic E-state index is 5.91. The second-order valence-corrected chi connectivity index (χ2v) is 6.56. The SMILES string of the molecule is Cc1cc(N2CCC([N+]3(C)CCCC3)C2)ccc1N.Cl.[Cl-]. The highest BCUT2D eigenvalue weighted by Crippen LogP contribution is 2.30. The summed E-state index contributed by atoms with van der Waals surface area (Å²) in [6.07, 6.45) is 4.15. The molecule has 120 valence electrons. The summed E-state index contributed by atoms with van der Waals surface area (Å²) >= 11 is 0. The third-order valence-electron chi connectivity index (χ3n) is 5.25. The molecule has 2 fully saturated rings. The van der Waals surface area contributed by atoms with Gasteiger partial charge in [0, 0.05) is 37.2 Å². The molecular weight excluding hydrogens is 305 g/mol. The zero-order valence-electron chi connectivity index (χ0n) is 13.0. The van der Waals surface area contributed by atoms with Crippen LogP contribution in [-0.4, -0.2) is 43.8 Å². The fraction of sp³-hybridized carbons (Fsp3) is 0.625. The summed E-state index contributed by atoms with van der Waals surface area (Å²) in [6.45, 7) is 7.25. The van der Waals surface area contributed by atoms with Gasteiger partial charge >= 0.3 is 0 Å². The van der Waals surface area contributed by atoms with Crippen LogP contribution in [0.3, 0.4) is 0 Å². The molecule has 0 bridgehead atoms. The number of nitrogens with zero attached hydrogens (tertiary/aromatic N) is 2. The number of nitrogens with two attached hydrogens (primary N) is 1. The average molecular weight is 332 g/mol. The van der Waals surface area contributed by atoms with E-state index in [-0.39, 0.29) is 24.8 Å². The monoisotopic (exact) mass is 331 g/mol. The molecule has 0 radical (unpaired) electrons. The number of quaternary nitrogens is 1. The Labute approximate surface area is 140 Å². The molecule has 1 aromatic carbocycles. The van der Waals surface area contributed by atoms with Crippen molar-refractivity contribution in [3.8, 4) is 0 Å². The Morgan fingerprint density at radius 2 is 1.90 bits per heavy atom. The lowest BCUT2D eigenvalue weighted by molar-refractivity contribution is -0.919. The molecule has 2 N–H and O–H groups in total. The summed E-state index contributed by atoms with van der Waals surface area (Å²) in [6, 6.07) is 7.28. The van der Waals surface area contributed by atoms with E-state index in [9.17, 15) is 0 Å². The van der Waals surface area contributed by atoms with Crippen LogP contribution < -0.4 is 23.0 Å². The standard InChI is InChI=1S/C16H26N3.2ClH/c1-13-11-14(5-6-16(13)17)18-8-7-15(12-18)19(2)9-3-4-10-19;;/h5-6,11,15H,3-4,7-10,12,17H2,1-2H3;2*1H/q+1;;/p-1. The number of anilines is 2. The highest BCUT2D eigenvalue weighted by molar-refractivity contribution is 5.85. The van der Waals surface area contributed by atoms with Crippen LogP contribution in [0.1, 0.15) is 24.8 Å². The Bertz CT molecular complexity index is 473. The van der Waals surface area contributed by atoms with Crippen LogP contribution in [0.5, 0.6) is 0 Å². The lowest BCUT2D eigenvalue weighted by atomic mass is 10.1. The van der Waals surface area contributed by atoms with E-state index in [2.05, 4.69) is 31.0 Å². The topological polar surface area (TPSA) is 29.3 Å². The van der Waals surface area contributed by atoms with Crippen molar-refractivity contribution in [2.45, 2.75) is 32.2 Å².